The predicted octanol–water partition coefficient (Wildman–Crippen LogP) is 4.61. The number of benzene rings is 2. The van der Waals surface area contributed by atoms with Crippen LogP contribution in [0.2, 0.25) is 5.02 Å². The number of hydrogen-bond donors (Lipinski definition) is 5. The van der Waals surface area contributed by atoms with Gasteiger partial charge in [-0.1, -0.05) is 11.6 Å². The van der Waals surface area contributed by atoms with Crippen LogP contribution in [0.3, 0.4) is 0 Å². The lowest BCUT2D eigenvalue weighted by molar-refractivity contribution is 0.264. The summed E-state index contributed by atoms with van der Waals surface area (Å²) >= 11 is 6.82. The molecule has 1 unspecified atom stereocenters. The summed E-state index contributed by atoms with van der Waals surface area (Å²) in [5.41, 5.74) is 0.394. The second kappa shape index (κ2) is 9.24. The van der Waals surface area contributed by atoms with Crippen LogP contribution in [0, 0.1) is 17.0 Å². The molecule has 11 heteroatoms. The van der Waals surface area contributed by atoms with Crippen molar-refractivity contribution in [2.24, 2.45) is 0 Å². The summed E-state index contributed by atoms with van der Waals surface area (Å²) in [6.45, 7) is 1.46. The van der Waals surface area contributed by atoms with Crippen molar-refractivity contribution in [1.82, 2.24) is 9.69 Å². The van der Waals surface area contributed by atoms with Crippen LogP contribution in [0.1, 0.15) is 12.5 Å². The van der Waals surface area contributed by atoms with Crippen molar-refractivity contribution in [3.8, 4) is 17.4 Å². The Balaban J connectivity index is 1.80. The lowest BCUT2D eigenvalue weighted by Gasteiger charge is -2.14. The number of halogens is 3. The Labute approximate surface area is 179 Å². The van der Waals surface area contributed by atoms with E-state index in [-0.39, 0.29) is 40.4 Å². The summed E-state index contributed by atoms with van der Waals surface area (Å²) in [4.78, 5) is 0. The molecular weight excluding hydrogens is 438 g/mol. The molecule has 5 N–H and O–H groups in total. The summed E-state index contributed by atoms with van der Waals surface area (Å²) in [6, 6.07) is 7.07. The van der Waals surface area contributed by atoms with E-state index < -0.39 is 17.7 Å². The minimum absolute atomic E-state index is 0.0246. The fraction of sp³-hybridized carbons (Fsp3) is 0.158. The number of rotatable bonds is 7. The van der Waals surface area contributed by atoms with E-state index in [0.717, 1.165) is 29.7 Å². The standard InChI is InChI=1S/C19H17ClF2N4O3S/c1-9(8-27)24-17(23)16-18(28)26-30-19(16)25-11-3-5-14(13(22)7-11)29-15-6-10(21)2-4-12(15)20/h2-7,9,25,27H,8H2,1H3,(H2,23,24)(H,26,28). The third-order valence-electron chi connectivity index (χ3n) is 3.89. The highest BCUT2D eigenvalue weighted by Crippen LogP contribution is 2.35. The molecular formula is C19H17ClF2N4O3S. The number of anilines is 2. The normalized spacial score (nSPS) is 11.8. The molecule has 1 heterocycles. The molecule has 3 aromatic rings. The Morgan fingerprint density at radius 3 is 2.73 bits per heavy atom. The molecule has 7 nitrogen and oxygen atoms in total. The van der Waals surface area contributed by atoms with E-state index >= 15 is 0 Å². The van der Waals surface area contributed by atoms with Gasteiger partial charge in [0.15, 0.2) is 11.6 Å². The predicted molar refractivity (Wildman–Crippen MR) is 111 cm³/mol. The van der Waals surface area contributed by atoms with Crippen LogP contribution in [-0.4, -0.2) is 33.1 Å². The first-order chi connectivity index (χ1) is 14.3. The van der Waals surface area contributed by atoms with Crippen molar-refractivity contribution >= 4 is 39.7 Å². The summed E-state index contributed by atoms with van der Waals surface area (Å²) < 4.78 is 37.0. The van der Waals surface area contributed by atoms with Crippen LogP contribution in [0.15, 0.2) is 36.4 Å². The number of hydrogen-bond acceptors (Lipinski definition) is 7. The molecule has 3 rings (SSSR count). The molecule has 0 saturated heterocycles. The minimum Gasteiger partial charge on any atom is -0.492 e. The monoisotopic (exact) mass is 454 g/mol. The maximum atomic E-state index is 14.5. The average Bonchev–Trinajstić information content (AvgIpc) is 3.06. The summed E-state index contributed by atoms with van der Waals surface area (Å²) in [6.07, 6.45) is 0. The molecule has 0 aliphatic rings. The number of nitrogens with one attached hydrogen (secondary N) is 3. The Hall–Kier alpha value is -2.95. The molecule has 158 valence electrons. The number of ether oxygens (including phenoxy) is 1. The summed E-state index contributed by atoms with van der Waals surface area (Å²) in [5.74, 6) is -2.01. The van der Waals surface area contributed by atoms with E-state index in [1.165, 1.54) is 18.2 Å². The van der Waals surface area contributed by atoms with Crippen LogP contribution in [0.25, 0.3) is 0 Å². The van der Waals surface area contributed by atoms with Gasteiger partial charge in [0.1, 0.15) is 28.0 Å². The van der Waals surface area contributed by atoms with Crippen molar-refractivity contribution in [2.75, 3.05) is 11.9 Å². The van der Waals surface area contributed by atoms with E-state index in [0.29, 0.717) is 10.7 Å². The first-order valence-electron chi connectivity index (χ1n) is 8.63. The molecule has 30 heavy (non-hydrogen) atoms. The zero-order valence-corrected chi connectivity index (χ0v) is 17.1. The molecule has 0 fully saturated rings. The largest absolute Gasteiger partial charge is 0.492 e. The van der Waals surface area contributed by atoms with Gasteiger partial charge < -0.3 is 25.6 Å². The van der Waals surface area contributed by atoms with Gasteiger partial charge >= 0.3 is 0 Å². The highest BCUT2D eigenvalue weighted by molar-refractivity contribution is 7.11. The molecule has 0 aliphatic carbocycles. The van der Waals surface area contributed by atoms with Gasteiger partial charge in [-0.2, -0.15) is 4.37 Å². The van der Waals surface area contributed by atoms with Gasteiger partial charge in [0, 0.05) is 23.9 Å². The Kier molecular flexibility index (Phi) is 6.70. The van der Waals surface area contributed by atoms with Crippen LogP contribution in [0.5, 0.6) is 17.4 Å². The number of amidine groups is 1. The molecule has 0 aliphatic heterocycles. The van der Waals surface area contributed by atoms with Crippen LogP contribution >= 0.6 is 23.1 Å². The van der Waals surface area contributed by atoms with Gasteiger partial charge in [-0.05, 0) is 42.7 Å². The smallest absolute Gasteiger partial charge is 0.236 e. The van der Waals surface area contributed by atoms with Crippen LogP contribution in [0.4, 0.5) is 19.5 Å². The van der Waals surface area contributed by atoms with Crippen molar-refractivity contribution in [3.63, 3.8) is 0 Å². The molecule has 0 spiro atoms. The van der Waals surface area contributed by atoms with E-state index in [1.54, 1.807) is 6.92 Å². The second-order valence-electron chi connectivity index (χ2n) is 6.26. The van der Waals surface area contributed by atoms with E-state index in [4.69, 9.17) is 26.9 Å². The van der Waals surface area contributed by atoms with E-state index in [2.05, 4.69) is 15.0 Å². The Morgan fingerprint density at radius 1 is 1.27 bits per heavy atom. The second-order valence-corrected chi connectivity index (χ2v) is 7.44. The first kappa shape index (κ1) is 21.8. The van der Waals surface area contributed by atoms with Gasteiger partial charge in [-0.15, -0.1) is 0 Å². The lowest BCUT2D eigenvalue weighted by atomic mass is 10.2. The van der Waals surface area contributed by atoms with Crippen molar-refractivity contribution < 1.29 is 23.7 Å². The number of aliphatic hydroxyl groups excluding tert-OH is 1. The molecule has 2 aromatic carbocycles. The van der Waals surface area contributed by atoms with Gasteiger partial charge in [0.25, 0.3) is 0 Å². The number of aromatic nitrogens is 1. The molecule has 1 aromatic heterocycles. The number of aromatic hydroxyl groups is 1. The third-order valence-corrected chi connectivity index (χ3v) is 4.96. The minimum atomic E-state index is -0.738. The van der Waals surface area contributed by atoms with Crippen molar-refractivity contribution in [2.45, 2.75) is 13.0 Å². The summed E-state index contributed by atoms with van der Waals surface area (Å²) in [5, 5.41) is 33.2. The molecule has 0 bridgehead atoms. The first-order valence-corrected chi connectivity index (χ1v) is 9.78. The molecule has 0 saturated carbocycles. The summed E-state index contributed by atoms with van der Waals surface area (Å²) in [7, 11) is 0. The van der Waals surface area contributed by atoms with Crippen molar-refractivity contribution in [3.05, 3.63) is 58.6 Å². The molecule has 0 amide bonds. The zero-order chi connectivity index (χ0) is 21.8. The Bertz CT molecular complexity index is 1080. The van der Waals surface area contributed by atoms with Gasteiger partial charge in [0.2, 0.25) is 5.88 Å². The van der Waals surface area contributed by atoms with Gasteiger partial charge in [-0.3, -0.25) is 5.41 Å². The molecule has 1 atom stereocenters. The lowest BCUT2D eigenvalue weighted by Crippen LogP contribution is -2.35. The average molecular weight is 455 g/mol. The quantitative estimate of drug-likeness (QED) is 0.263. The van der Waals surface area contributed by atoms with E-state index in [1.807, 2.05) is 0 Å². The maximum absolute atomic E-state index is 14.5. The fourth-order valence-electron chi connectivity index (χ4n) is 2.42. The fourth-order valence-corrected chi connectivity index (χ4v) is 3.30. The number of nitrogens with zero attached hydrogens (tertiary/aromatic N) is 1. The van der Waals surface area contributed by atoms with Crippen molar-refractivity contribution in [1.29, 1.82) is 5.41 Å². The maximum Gasteiger partial charge on any atom is 0.236 e. The topological polar surface area (TPSA) is 110 Å². The zero-order valence-electron chi connectivity index (χ0n) is 15.5. The van der Waals surface area contributed by atoms with Crippen LogP contribution < -0.4 is 15.4 Å². The van der Waals surface area contributed by atoms with Crippen LogP contribution in [-0.2, 0) is 0 Å². The van der Waals surface area contributed by atoms with Gasteiger partial charge in [0.05, 0.1) is 11.6 Å². The van der Waals surface area contributed by atoms with E-state index in [9.17, 15) is 13.9 Å². The number of aliphatic hydroxyl groups is 1. The highest BCUT2D eigenvalue weighted by atomic mass is 35.5. The molecule has 0 radical (unpaired) electrons. The SMILES string of the molecule is CC(CO)NC(=N)c1c(O)nsc1Nc1ccc(Oc2cc(F)ccc2Cl)c(F)c1. The highest BCUT2D eigenvalue weighted by Gasteiger charge is 2.20. The van der Waals surface area contributed by atoms with Gasteiger partial charge in [-0.25, -0.2) is 8.78 Å². The third kappa shape index (κ3) is 4.96. The Morgan fingerprint density at radius 2 is 2.03 bits per heavy atom.